The number of hydrogen-bond donors (Lipinski definition) is 5. The van der Waals surface area contributed by atoms with Crippen molar-refractivity contribution >= 4 is 23.4 Å². The zero-order valence-corrected chi connectivity index (χ0v) is 22.5. The molecule has 0 saturated heterocycles. The van der Waals surface area contributed by atoms with Crippen LogP contribution in [0.15, 0.2) is 54.6 Å². The summed E-state index contributed by atoms with van der Waals surface area (Å²) in [6, 6.07) is 12.1. The van der Waals surface area contributed by atoms with Gasteiger partial charge in [-0.3, -0.25) is 14.4 Å². The van der Waals surface area contributed by atoms with Crippen molar-refractivity contribution in [1.82, 2.24) is 10.2 Å². The second kappa shape index (κ2) is 13.9. The smallest absolute Gasteiger partial charge is 0.317 e. The normalized spacial score (nSPS) is 18.5. The molecule has 0 bridgehead atoms. The van der Waals surface area contributed by atoms with Gasteiger partial charge in [-0.1, -0.05) is 42.5 Å². The molecule has 41 heavy (non-hydrogen) atoms. The summed E-state index contributed by atoms with van der Waals surface area (Å²) in [6.07, 6.45) is -0.655. The Kier molecular flexibility index (Phi) is 10.8. The highest BCUT2D eigenvalue weighted by atomic mass is 19.3. The lowest BCUT2D eigenvalue weighted by atomic mass is 9.72. The lowest BCUT2D eigenvalue weighted by Crippen LogP contribution is -2.56. The summed E-state index contributed by atoms with van der Waals surface area (Å²) < 4.78 is 54.1. The van der Waals surface area contributed by atoms with Crippen molar-refractivity contribution in [2.75, 3.05) is 31.5 Å². The van der Waals surface area contributed by atoms with Crippen molar-refractivity contribution in [1.29, 1.82) is 0 Å². The number of rotatable bonds is 14. The van der Waals surface area contributed by atoms with Crippen LogP contribution >= 0.6 is 0 Å². The van der Waals surface area contributed by atoms with Crippen LogP contribution < -0.4 is 27.8 Å². The van der Waals surface area contributed by atoms with Crippen LogP contribution in [0.25, 0.3) is 0 Å². The van der Waals surface area contributed by atoms with Crippen molar-refractivity contribution in [3.63, 3.8) is 0 Å². The van der Waals surface area contributed by atoms with Crippen molar-refractivity contribution in [3.8, 4) is 0 Å². The molecule has 1 saturated carbocycles. The molecule has 3 amide bonds. The molecule has 0 heterocycles. The molecule has 0 aliphatic heterocycles. The minimum absolute atomic E-state index is 0.0295. The lowest BCUT2D eigenvalue weighted by molar-refractivity contribution is -0.290. The number of aryl methyl sites for hydroxylation is 1. The molecule has 0 radical (unpaired) electrons. The highest BCUT2D eigenvalue weighted by Crippen LogP contribution is 2.59. The van der Waals surface area contributed by atoms with Crippen LogP contribution in [0.5, 0.6) is 0 Å². The molecule has 1 unspecified atom stereocenters. The zero-order chi connectivity index (χ0) is 30.2. The number of halogens is 4. The molecular weight excluding hydrogens is 544 g/mol. The van der Waals surface area contributed by atoms with E-state index in [2.05, 4.69) is 10.6 Å². The van der Waals surface area contributed by atoms with Gasteiger partial charge in [-0.15, -0.1) is 0 Å². The first kappa shape index (κ1) is 32.0. The molecule has 1 aliphatic rings. The molecule has 0 spiro atoms. The summed E-state index contributed by atoms with van der Waals surface area (Å²) in [5.41, 5.74) is 18.2. The largest absolute Gasteiger partial charge is 0.343 e. The summed E-state index contributed by atoms with van der Waals surface area (Å²) >= 11 is 0. The van der Waals surface area contributed by atoms with Gasteiger partial charge in [-0.05, 0) is 36.1 Å². The van der Waals surface area contributed by atoms with E-state index in [1.54, 1.807) is 0 Å². The molecule has 1 fully saturated rings. The fraction of sp³-hybridized carbons (Fsp3) is 0.464. The molecule has 2 aromatic rings. The fourth-order valence-electron chi connectivity index (χ4n) is 4.59. The number of nitrogens with zero attached hydrogens (tertiary/aromatic N) is 1. The van der Waals surface area contributed by atoms with Gasteiger partial charge in [0.15, 0.2) is 0 Å². The van der Waals surface area contributed by atoms with E-state index < -0.39 is 54.0 Å². The highest BCUT2D eigenvalue weighted by molar-refractivity contribution is 5.98. The predicted molar refractivity (Wildman–Crippen MR) is 146 cm³/mol. The molecule has 224 valence electrons. The van der Waals surface area contributed by atoms with E-state index in [1.807, 2.05) is 30.3 Å². The minimum Gasteiger partial charge on any atom is -0.343 e. The maximum atomic E-state index is 13.8. The number of amides is 3. The Hall–Kier alpha value is -3.55. The predicted octanol–water partition coefficient (Wildman–Crippen LogP) is 1.96. The van der Waals surface area contributed by atoms with Crippen LogP contribution in [-0.4, -0.2) is 72.7 Å². The van der Waals surface area contributed by atoms with Crippen LogP contribution in [0.1, 0.15) is 36.3 Å². The molecule has 3 atom stereocenters. The van der Waals surface area contributed by atoms with Crippen LogP contribution in [0.4, 0.5) is 23.2 Å². The third kappa shape index (κ3) is 8.02. The lowest BCUT2D eigenvalue weighted by Gasteiger charge is -2.44. The van der Waals surface area contributed by atoms with Crippen molar-refractivity contribution in [2.45, 2.75) is 55.5 Å². The topological polar surface area (TPSA) is 157 Å². The Labute approximate surface area is 235 Å². The third-order valence-corrected chi connectivity index (χ3v) is 7.05. The summed E-state index contributed by atoms with van der Waals surface area (Å²) in [7, 11) is 0. The number of benzene rings is 2. The Bertz CT molecular complexity index is 1180. The van der Waals surface area contributed by atoms with E-state index >= 15 is 0 Å². The van der Waals surface area contributed by atoms with Crippen LogP contribution in [0.2, 0.25) is 0 Å². The number of carbonyl (C=O) groups is 3. The Morgan fingerprint density at radius 3 is 2.07 bits per heavy atom. The van der Waals surface area contributed by atoms with Crippen molar-refractivity contribution in [3.05, 3.63) is 65.7 Å². The first-order chi connectivity index (χ1) is 19.4. The average Bonchev–Trinajstić information content (AvgIpc) is 2.94. The number of nitrogens with one attached hydrogen (secondary N) is 2. The van der Waals surface area contributed by atoms with Gasteiger partial charge in [0.1, 0.15) is 6.04 Å². The summed E-state index contributed by atoms with van der Waals surface area (Å²) in [5.74, 6) is -11.5. The standard InChI is InChI=1S/C28H36F4N6O3/c29-27(30)17-21(28(27,31)32)19-7-9-20(10-8-19)36-26(41)23(11-6-18-4-2-1-3-5-18)37-25(40)22(35)16-24(39)38(14-12-33)15-13-34/h1-5,7-10,21-23H,6,11-17,33-35H2,(H,36,41)(H,37,40)/t21?,22-,23-/m0/s1. The Morgan fingerprint density at radius 1 is 0.927 bits per heavy atom. The summed E-state index contributed by atoms with van der Waals surface area (Å²) in [5, 5.41) is 5.23. The van der Waals surface area contributed by atoms with E-state index in [9.17, 15) is 31.9 Å². The summed E-state index contributed by atoms with van der Waals surface area (Å²) in [4.78, 5) is 40.1. The van der Waals surface area contributed by atoms with Gasteiger partial charge >= 0.3 is 11.8 Å². The van der Waals surface area contributed by atoms with E-state index in [1.165, 1.54) is 29.2 Å². The second-order valence-corrected chi connectivity index (χ2v) is 10.0. The Balaban J connectivity index is 1.67. The minimum atomic E-state index is -4.14. The SMILES string of the molecule is NCCN(CCN)C(=O)C[C@H](N)C(=O)N[C@@H](CCc1ccccc1)C(=O)Nc1ccc(C2CC(F)(F)C2(F)F)cc1. The van der Waals surface area contributed by atoms with Gasteiger partial charge in [-0.25, -0.2) is 0 Å². The molecule has 13 heteroatoms. The average molecular weight is 581 g/mol. The Morgan fingerprint density at radius 2 is 1.54 bits per heavy atom. The number of alkyl halides is 4. The maximum Gasteiger partial charge on any atom is 0.317 e. The molecule has 0 aromatic heterocycles. The monoisotopic (exact) mass is 580 g/mol. The number of carbonyl (C=O) groups excluding carboxylic acids is 3. The van der Waals surface area contributed by atoms with Crippen molar-refractivity contribution < 1.29 is 31.9 Å². The second-order valence-electron chi connectivity index (χ2n) is 10.0. The highest BCUT2D eigenvalue weighted by Gasteiger charge is 2.71. The first-order valence-electron chi connectivity index (χ1n) is 13.3. The maximum absolute atomic E-state index is 13.8. The van der Waals surface area contributed by atoms with Gasteiger partial charge in [-0.2, -0.15) is 17.6 Å². The van der Waals surface area contributed by atoms with Gasteiger partial charge in [0.05, 0.1) is 18.4 Å². The van der Waals surface area contributed by atoms with E-state index in [0.29, 0.717) is 6.42 Å². The molecule has 3 rings (SSSR count). The van der Waals surface area contributed by atoms with Gasteiger partial charge in [0, 0.05) is 38.3 Å². The van der Waals surface area contributed by atoms with E-state index in [0.717, 1.165) is 5.56 Å². The molecular formula is C28H36F4N6O3. The number of anilines is 1. The van der Waals surface area contributed by atoms with E-state index in [4.69, 9.17) is 17.2 Å². The molecule has 9 nitrogen and oxygen atoms in total. The van der Waals surface area contributed by atoms with Crippen LogP contribution in [0, 0.1) is 0 Å². The molecule has 8 N–H and O–H groups in total. The van der Waals surface area contributed by atoms with Gasteiger partial charge in [0.2, 0.25) is 17.7 Å². The summed E-state index contributed by atoms with van der Waals surface area (Å²) in [6.45, 7) is 0.940. The van der Waals surface area contributed by atoms with Gasteiger partial charge < -0.3 is 32.7 Å². The number of hydrogen-bond acceptors (Lipinski definition) is 6. The van der Waals surface area contributed by atoms with Crippen LogP contribution in [-0.2, 0) is 20.8 Å². The van der Waals surface area contributed by atoms with E-state index in [-0.39, 0.29) is 50.3 Å². The molecule has 1 aliphatic carbocycles. The quantitative estimate of drug-likeness (QED) is 0.215. The van der Waals surface area contributed by atoms with Gasteiger partial charge in [0.25, 0.3) is 0 Å². The van der Waals surface area contributed by atoms with Crippen LogP contribution in [0.3, 0.4) is 0 Å². The third-order valence-electron chi connectivity index (χ3n) is 7.05. The molecule has 2 aromatic carbocycles. The van der Waals surface area contributed by atoms with Crippen molar-refractivity contribution in [2.24, 2.45) is 17.2 Å². The fourth-order valence-corrected chi connectivity index (χ4v) is 4.59. The first-order valence-corrected chi connectivity index (χ1v) is 13.3. The zero-order valence-electron chi connectivity index (χ0n) is 22.5. The number of nitrogens with two attached hydrogens (primary N) is 3.